The second-order valence-corrected chi connectivity index (χ2v) is 7.46. The Balaban J connectivity index is 1.77. The van der Waals surface area contributed by atoms with E-state index in [0.29, 0.717) is 12.5 Å². The Kier molecular flexibility index (Phi) is 4.00. The van der Waals surface area contributed by atoms with E-state index < -0.39 is 11.0 Å². The van der Waals surface area contributed by atoms with Gasteiger partial charge in [-0.25, -0.2) is 18.5 Å². The first-order valence-electron chi connectivity index (χ1n) is 7.99. The van der Waals surface area contributed by atoms with Gasteiger partial charge in [-0.05, 0) is 36.5 Å². The molecule has 4 rings (SSSR count). The fraction of sp³-hybridized carbons (Fsp3) is 0.353. The van der Waals surface area contributed by atoms with Crippen LogP contribution in [-0.2, 0) is 11.0 Å². The quantitative estimate of drug-likeness (QED) is 0.794. The number of hydrogen-bond donors (Lipinski definition) is 1. The zero-order valence-corrected chi connectivity index (χ0v) is 13.9. The highest BCUT2D eigenvalue weighted by atomic mass is 32.2. The number of pyridine rings is 2. The normalized spacial score (nSPS) is 20.2. The van der Waals surface area contributed by atoms with Crippen LogP contribution in [-0.4, -0.2) is 42.3 Å². The first-order valence-corrected chi connectivity index (χ1v) is 9.26. The van der Waals surface area contributed by atoms with Crippen molar-refractivity contribution in [1.29, 1.82) is 5.26 Å². The first kappa shape index (κ1) is 15.2. The fourth-order valence-corrected chi connectivity index (χ4v) is 4.52. The van der Waals surface area contributed by atoms with Crippen LogP contribution >= 0.6 is 0 Å². The smallest absolute Gasteiger partial charge is 0.159 e. The van der Waals surface area contributed by atoms with Gasteiger partial charge in [0.1, 0.15) is 16.7 Å². The van der Waals surface area contributed by atoms with Crippen molar-refractivity contribution >= 4 is 32.9 Å². The topological polar surface area (TPSA) is 85.7 Å². The molecule has 0 saturated carbocycles. The second kappa shape index (κ2) is 6.30. The molecule has 0 amide bonds. The number of fused-ring (bicyclic) bond motifs is 3. The van der Waals surface area contributed by atoms with Gasteiger partial charge in [0.25, 0.3) is 0 Å². The number of rotatable bonds is 3. The molecule has 1 aliphatic rings. The van der Waals surface area contributed by atoms with Crippen molar-refractivity contribution in [3.63, 3.8) is 0 Å². The molecule has 0 bridgehead atoms. The third kappa shape index (κ3) is 2.58. The molecule has 1 N–H and O–H groups in total. The van der Waals surface area contributed by atoms with E-state index in [2.05, 4.69) is 21.0 Å². The summed E-state index contributed by atoms with van der Waals surface area (Å²) < 4.78 is 14.1. The third-order valence-electron chi connectivity index (χ3n) is 4.62. The molecule has 0 aromatic carbocycles. The summed E-state index contributed by atoms with van der Waals surface area (Å²) in [5.74, 6) is 0.357. The summed E-state index contributed by atoms with van der Waals surface area (Å²) in [4.78, 5) is 11.9. The van der Waals surface area contributed by atoms with Crippen molar-refractivity contribution in [3.8, 4) is 6.07 Å². The SMILES string of the molecule is N#CCS(=O)N1CCCC(c2cc[nH]c3cnc4nccc4c23)C1. The molecule has 0 radical (unpaired) electrons. The van der Waals surface area contributed by atoms with Gasteiger partial charge < -0.3 is 4.98 Å². The van der Waals surface area contributed by atoms with Gasteiger partial charge in [0.15, 0.2) is 5.65 Å². The number of nitrogens with one attached hydrogen (secondary N) is 1. The lowest BCUT2D eigenvalue weighted by molar-refractivity contribution is 0.332. The van der Waals surface area contributed by atoms with Crippen LogP contribution < -0.4 is 0 Å². The molecule has 0 aliphatic carbocycles. The van der Waals surface area contributed by atoms with Crippen molar-refractivity contribution in [2.24, 2.45) is 0 Å². The maximum absolute atomic E-state index is 12.2. The summed E-state index contributed by atoms with van der Waals surface area (Å²) in [5, 5.41) is 11.0. The molecular weight excluding hydrogens is 322 g/mol. The molecule has 3 aromatic heterocycles. The maximum atomic E-state index is 12.2. The minimum Gasteiger partial charge on any atom is -0.360 e. The average molecular weight is 339 g/mol. The first-order chi connectivity index (χ1) is 11.8. The van der Waals surface area contributed by atoms with Crippen LogP contribution in [0.15, 0.2) is 30.7 Å². The van der Waals surface area contributed by atoms with Crippen LogP contribution in [0.5, 0.6) is 0 Å². The maximum Gasteiger partial charge on any atom is 0.159 e. The summed E-state index contributed by atoms with van der Waals surface area (Å²) in [7, 11) is -1.21. The Morgan fingerprint density at radius 2 is 2.33 bits per heavy atom. The number of aromatic amines is 1. The Labute approximate surface area is 142 Å². The van der Waals surface area contributed by atoms with E-state index in [1.165, 1.54) is 5.56 Å². The molecule has 3 aromatic rings. The van der Waals surface area contributed by atoms with Crippen molar-refractivity contribution in [3.05, 3.63) is 36.3 Å². The van der Waals surface area contributed by atoms with Crippen LogP contribution in [0, 0.1) is 11.3 Å². The lowest BCUT2D eigenvalue weighted by Gasteiger charge is -2.31. The molecule has 1 aliphatic heterocycles. The van der Waals surface area contributed by atoms with E-state index in [9.17, 15) is 4.21 Å². The summed E-state index contributed by atoms with van der Waals surface area (Å²) >= 11 is 0. The van der Waals surface area contributed by atoms with Gasteiger partial charge in [-0.1, -0.05) is 0 Å². The zero-order chi connectivity index (χ0) is 16.5. The molecule has 1 fully saturated rings. The predicted molar refractivity (Wildman–Crippen MR) is 93.6 cm³/mol. The summed E-state index contributed by atoms with van der Waals surface area (Å²) in [6.45, 7) is 1.50. The minimum absolute atomic E-state index is 0.0664. The van der Waals surface area contributed by atoms with Gasteiger partial charge in [0.05, 0.1) is 17.8 Å². The Morgan fingerprint density at radius 3 is 3.21 bits per heavy atom. The predicted octanol–water partition coefficient (Wildman–Crippen LogP) is 2.48. The van der Waals surface area contributed by atoms with E-state index in [0.717, 1.165) is 41.3 Å². The summed E-state index contributed by atoms with van der Waals surface area (Å²) in [6.07, 6.45) is 7.57. The van der Waals surface area contributed by atoms with Crippen molar-refractivity contribution < 1.29 is 4.21 Å². The Hall–Kier alpha value is -2.30. The summed E-state index contributed by atoms with van der Waals surface area (Å²) in [5.41, 5.74) is 2.98. The second-order valence-electron chi connectivity index (χ2n) is 6.01. The lowest BCUT2D eigenvalue weighted by Crippen LogP contribution is -2.36. The standard InChI is InChI=1S/C17H17N5OS/c18-5-9-24(23)22-8-1-2-12(11-22)13-3-6-19-15-10-21-17-14(16(13)15)4-7-20-17/h3-4,6-7,10,12,19H,1-2,8-9,11H2. The number of nitrogens with zero attached hydrogens (tertiary/aromatic N) is 4. The highest BCUT2D eigenvalue weighted by molar-refractivity contribution is 7.82. The van der Waals surface area contributed by atoms with Gasteiger partial charge in [-0.2, -0.15) is 5.26 Å². The van der Waals surface area contributed by atoms with Gasteiger partial charge >= 0.3 is 0 Å². The van der Waals surface area contributed by atoms with Crippen molar-refractivity contribution in [1.82, 2.24) is 19.3 Å². The van der Waals surface area contributed by atoms with E-state index in [4.69, 9.17) is 5.26 Å². The summed E-state index contributed by atoms with van der Waals surface area (Å²) in [6, 6.07) is 6.11. The van der Waals surface area contributed by atoms with Gasteiger partial charge in [0.2, 0.25) is 0 Å². The van der Waals surface area contributed by atoms with Crippen molar-refractivity contribution in [2.75, 3.05) is 18.8 Å². The molecule has 7 heteroatoms. The van der Waals surface area contributed by atoms with Crippen LogP contribution in [0.25, 0.3) is 21.9 Å². The van der Waals surface area contributed by atoms with E-state index >= 15 is 0 Å². The molecule has 4 heterocycles. The molecule has 1 saturated heterocycles. The molecule has 2 atom stereocenters. The fourth-order valence-electron chi connectivity index (χ4n) is 3.55. The highest BCUT2D eigenvalue weighted by Crippen LogP contribution is 2.34. The van der Waals surface area contributed by atoms with E-state index in [-0.39, 0.29) is 5.75 Å². The number of H-pyrrole nitrogens is 1. The van der Waals surface area contributed by atoms with E-state index in [1.54, 1.807) is 6.20 Å². The lowest BCUT2D eigenvalue weighted by atomic mass is 9.89. The zero-order valence-electron chi connectivity index (χ0n) is 13.1. The minimum atomic E-state index is -1.21. The van der Waals surface area contributed by atoms with Gasteiger partial charge in [-0.3, -0.25) is 0 Å². The largest absolute Gasteiger partial charge is 0.360 e. The number of nitriles is 1. The van der Waals surface area contributed by atoms with Crippen LogP contribution in [0.4, 0.5) is 0 Å². The molecule has 6 nitrogen and oxygen atoms in total. The number of hydrogen-bond acceptors (Lipinski definition) is 4. The van der Waals surface area contributed by atoms with Gasteiger partial charge in [-0.15, -0.1) is 0 Å². The Bertz CT molecular complexity index is 960. The van der Waals surface area contributed by atoms with Crippen LogP contribution in [0.1, 0.15) is 24.3 Å². The van der Waals surface area contributed by atoms with Gasteiger partial charge in [0, 0.05) is 36.3 Å². The average Bonchev–Trinajstić information content (AvgIpc) is 3.10. The van der Waals surface area contributed by atoms with Crippen LogP contribution in [0.3, 0.4) is 0 Å². The molecule has 24 heavy (non-hydrogen) atoms. The third-order valence-corrected chi connectivity index (χ3v) is 5.91. The number of aromatic nitrogens is 3. The van der Waals surface area contributed by atoms with Crippen LogP contribution in [0.2, 0.25) is 0 Å². The highest BCUT2D eigenvalue weighted by Gasteiger charge is 2.26. The number of piperidine rings is 1. The molecular formula is C17H17N5OS. The van der Waals surface area contributed by atoms with Crippen molar-refractivity contribution in [2.45, 2.75) is 18.8 Å². The molecule has 0 spiro atoms. The molecule has 2 unspecified atom stereocenters. The Morgan fingerprint density at radius 1 is 1.42 bits per heavy atom. The molecule has 122 valence electrons. The monoisotopic (exact) mass is 339 g/mol. The van der Waals surface area contributed by atoms with E-state index in [1.807, 2.05) is 28.8 Å².